The van der Waals surface area contributed by atoms with Crippen molar-refractivity contribution in [1.29, 1.82) is 0 Å². The molecule has 1 aliphatic rings. The van der Waals surface area contributed by atoms with Gasteiger partial charge < -0.3 is 10.2 Å². The van der Waals surface area contributed by atoms with E-state index in [0.717, 1.165) is 18.5 Å². The van der Waals surface area contributed by atoms with Crippen molar-refractivity contribution in [2.75, 3.05) is 24.5 Å². The van der Waals surface area contributed by atoms with Crippen LogP contribution >= 0.6 is 0 Å². The summed E-state index contributed by atoms with van der Waals surface area (Å²) in [5.41, 5.74) is 0.984. The highest BCUT2D eigenvalue weighted by Crippen LogP contribution is 2.34. The lowest BCUT2D eigenvalue weighted by Crippen LogP contribution is -2.39. The van der Waals surface area contributed by atoms with Crippen LogP contribution in [0.5, 0.6) is 0 Å². The first kappa shape index (κ1) is 16.0. The van der Waals surface area contributed by atoms with Crippen molar-refractivity contribution in [3.05, 3.63) is 18.0 Å². The number of halogens is 3. The molecule has 4 nitrogen and oxygen atoms in total. The fourth-order valence-corrected chi connectivity index (χ4v) is 2.42. The van der Waals surface area contributed by atoms with Gasteiger partial charge in [-0.05, 0) is 25.8 Å². The smallest absolute Gasteiger partial charge is 0.341 e. The molecule has 0 radical (unpaired) electrons. The van der Waals surface area contributed by atoms with Crippen LogP contribution in [0.25, 0.3) is 0 Å². The van der Waals surface area contributed by atoms with Crippen molar-refractivity contribution < 1.29 is 13.2 Å². The van der Waals surface area contributed by atoms with Crippen LogP contribution in [0.15, 0.2) is 12.4 Å². The quantitative estimate of drug-likeness (QED) is 0.849. The Labute approximate surface area is 122 Å². The van der Waals surface area contributed by atoms with Crippen molar-refractivity contribution in [3.8, 4) is 0 Å². The zero-order valence-corrected chi connectivity index (χ0v) is 12.2. The van der Waals surface area contributed by atoms with Crippen molar-refractivity contribution in [2.24, 2.45) is 5.92 Å². The Bertz CT molecular complexity index is 425. The summed E-state index contributed by atoms with van der Waals surface area (Å²) in [6, 6.07) is 0. The second-order valence-electron chi connectivity index (χ2n) is 5.37. The van der Waals surface area contributed by atoms with Gasteiger partial charge in [0.15, 0.2) is 0 Å². The summed E-state index contributed by atoms with van der Waals surface area (Å²) in [6.07, 6.45) is 0.690. The predicted molar refractivity (Wildman–Crippen MR) is 75.0 cm³/mol. The van der Waals surface area contributed by atoms with Gasteiger partial charge in [0.05, 0.1) is 5.92 Å². The third kappa shape index (κ3) is 4.56. The molecule has 7 heteroatoms. The van der Waals surface area contributed by atoms with E-state index in [4.69, 9.17) is 0 Å². The maximum Gasteiger partial charge on any atom is 0.391 e. The highest BCUT2D eigenvalue weighted by atomic mass is 19.4. The van der Waals surface area contributed by atoms with Crippen molar-refractivity contribution in [3.63, 3.8) is 0 Å². The van der Waals surface area contributed by atoms with Gasteiger partial charge in [-0.25, -0.2) is 9.97 Å². The van der Waals surface area contributed by atoms with Gasteiger partial charge in [0.1, 0.15) is 0 Å². The summed E-state index contributed by atoms with van der Waals surface area (Å²) in [5, 5.41) is 3.25. The van der Waals surface area contributed by atoms with Gasteiger partial charge in [0.25, 0.3) is 0 Å². The van der Waals surface area contributed by atoms with E-state index >= 15 is 0 Å². The molecule has 0 atom stereocenters. The number of alkyl halides is 3. The minimum absolute atomic E-state index is 0.118. The third-order valence-electron chi connectivity index (χ3n) is 3.69. The van der Waals surface area contributed by atoms with Crippen LogP contribution in [-0.4, -0.2) is 35.8 Å². The lowest BCUT2D eigenvalue weighted by atomic mass is 9.96. The summed E-state index contributed by atoms with van der Waals surface area (Å²) in [4.78, 5) is 10.3. The molecule has 0 amide bonds. The van der Waals surface area contributed by atoms with E-state index in [0.29, 0.717) is 25.6 Å². The van der Waals surface area contributed by atoms with Gasteiger partial charge >= 0.3 is 6.18 Å². The van der Waals surface area contributed by atoms with Crippen LogP contribution < -0.4 is 10.2 Å². The molecule has 2 rings (SSSR count). The Hall–Kier alpha value is -1.37. The molecular weight excluding hydrogens is 281 g/mol. The van der Waals surface area contributed by atoms with Crippen molar-refractivity contribution in [2.45, 2.75) is 38.9 Å². The molecule has 1 aliphatic heterocycles. The average molecular weight is 302 g/mol. The first-order valence-electron chi connectivity index (χ1n) is 7.34. The minimum atomic E-state index is -4.08. The minimum Gasteiger partial charge on any atom is -0.341 e. The first-order valence-corrected chi connectivity index (χ1v) is 7.34. The van der Waals surface area contributed by atoms with Crippen LogP contribution in [0.4, 0.5) is 19.1 Å². The van der Waals surface area contributed by atoms with Gasteiger partial charge in [-0.15, -0.1) is 0 Å². The predicted octanol–water partition coefficient (Wildman–Crippen LogP) is 2.75. The Kier molecular flexibility index (Phi) is 5.39. The Morgan fingerprint density at radius 1 is 1.24 bits per heavy atom. The van der Waals surface area contributed by atoms with E-state index in [9.17, 15) is 13.2 Å². The van der Waals surface area contributed by atoms with Gasteiger partial charge in [0, 0.05) is 37.6 Å². The normalized spacial score (nSPS) is 17.2. The molecule has 1 fully saturated rings. The molecule has 0 spiro atoms. The second kappa shape index (κ2) is 7.06. The molecule has 21 heavy (non-hydrogen) atoms. The van der Waals surface area contributed by atoms with Crippen molar-refractivity contribution in [1.82, 2.24) is 15.3 Å². The van der Waals surface area contributed by atoms with Gasteiger partial charge in [-0.1, -0.05) is 6.92 Å². The monoisotopic (exact) mass is 302 g/mol. The van der Waals surface area contributed by atoms with E-state index in [2.05, 4.69) is 22.2 Å². The molecule has 1 aromatic heterocycles. The maximum atomic E-state index is 12.6. The second-order valence-corrected chi connectivity index (χ2v) is 5.37. The van der Waals surface area contributed by atoms with E-state index < -0.39 is 12.1 Å². The van der Waals surface area contributed by atoms with Crippen molar-refractivity contribution >= 4 is 5.95 Å². The van der Waals surface area contributed by atoms with Crippen LogP contribution in [0.3, 0.4) is 0 Å². The largest absolute Gasteiger partial charge is 0.391 e. The molecule has 1 N–H and O–H groups in total. The molecule has 2 heterocycles. The molecule has 0 aromatic carbocycles. The lowest BCUT2D eigenvalue weighted by Gasteiger charge is -2.32. The molecule has 118 valence electrons. The number of nitrogens with one attached hydrogen (secondary N) is 1. The summed E-state index contributed by atoms with van der Waals surface area (Å²) >= 11 is 0. The summed E-state index contributed by atoms with van der Waals surface area (Å²) in [7, 11) is 0. The number of rotatable bonds is 5. The fraction of sp³-hybridized carbons (Fsp3) is 0.714. The first-order chi connectivity index (χ1) is 10.0. The molecule has 0 saturated carbocycles. The molecule has 0 unspecified atom stereocenters. The van der Waals surface area contributed by atoms with Crippen LogP contribution in [0.2, 0.25) is 0 Å². The number of hydrogen-bond donors (Lipinski definition) is 1. The summed E-state index contributed by atoms with van der Waals surface area (Å²) in [6.45, 7) is 4.46. The number of nitrogens with zero attached hydrogens (tertiary/aromatic N) is 3. The molecule has 0 bridgehead atoms. The number of hydrogen-bond acceptors (Lipinski definition) is 4. The third-order valence-corrected chi connectivity index (χ3v) is 3.69. The van der Waals surface area contributed by atoms with Gasteiger partial charge in [-0.3, -0.25) is 0 Å². The molecular formula is C14H21F3N4. The highest BCUT2D eigenvalue weighted by molar-refractivity contribution is 5.30. The Balaban J connectivity index is 1.86. The van der Waals surface area contributed by atoms with Crippen LogP contribution in [0, 0.1) is 5.92 Å². The van der Waals surface area contributed by atoms with Crippen LogP contribution in [-0.2, 0) is 6.54 Å². The molecule has 0 aliphatic carbocycles. The zero-order valence-electron chi connectivity index (χ0n) is 12.2. The Morgan fingerprint density at radius 3 is 2.38 bits per heavy atom. The molecule has 1 saturated heterocycles. The average Bonchev–Trinajstić information content (AvgIpc) is 2.48. The van der Waals surface area contributed by atoms with E-state index in [-0.39, 0.29) is 12.8 Å². The topological polar surface area (TPSA) is 41.1 Å². The Morgan fingerprint density at radius 2 is 1.86 bits per heavy atom. The summed E-state index contributed by atoms with van der Waals surface area (Å²) < 4.78 is 37.8. The number of piperidine rings is 1. The summed E-state index contributed by atoms with van der Waals surface area (Å²) in [5.74, 6) is -0.666. The molecule has 1 aromatic rings. The van der Waals surface area contributed by atoms with Gasteiger partial charge in [-0.2, -0.15) is 13.2 Å². The van der Waals surface area contributed by atoms with Gasteiger partial charge in [0.2, 0.25) is 5.95 Å². The highest BCUT2D eigenvalue weighted by Gasteiger charge is 2.41. The fourth-order valence-electron chi connectivity index (χ4n) is 2.42. The van der Waals surface area contributed by atoms with E-state index in [1.807, 2.05) is 4.90 Å². The zero-order chi connectivity index (χ0) is 15.3. The SMILES string of the molecule is CCCNCc1cnc(N2CCC(C(F)(F)F)CC2)nc1. The maximum absolute atomic E-state index is 12.6. The van der Waals surface area contributed by atoms with E-state index in [1.165, 1.54) is 0 Å². The van der Waals surface area contributed by atoms with Crippen LogP contribution in [0.1, 0.15) is 31.7 Å². The standard InChI is InChI=1S/C14H21F3N4/c1-2-5-18-8-11-9-19-13(20-10-11)21-6-3-12(4-7-21)14(15,16)17/h9-10,12,18H,2-8H2,1H3. The van der Waals surface area contributed by atoms with E-state index in [1.54, 1.807) is 12.4 Å². The number of aromatic nitrogens is 2. The number of anilines is 1. The lowest BCUT2D eigenvalue weighted by molar-refractivity contribution is -0.179.